The molecule has 0 unspecified atom stereocenters. The first-order valence-electron chi connectivity index (χ1n) is 12.8. The minimum Gasteiger partial charge on any atom is -0.493 e. The summed E-state index contributed by atoms with van der Waals surface area (Å²) in [6, 6.07) is 25.6. The van der Waals surface area contributed by atoms with Gasteiger partial charge in [-0.05, 0) is 72.3 Å². The lowest BCUT2D eigenvalue weighted by Gasteiger charge is -2.13. The number of halogens is 2. The van der Waals surface area contributed by atoms with Gasteiger partial charge >= 0.3 is 0 Å². The quantitative estimate of drug-likeness (QED) is 0.119. The van der Waals surface area contributed by atoms with E-state index >= 15 is 0 Å². The molecule has 3 N–H and O–H groups in total. The first-order chi connectivity index (χ1) is 20.7. The molecular formula is C32H27Cl2N3O5S. The summed E-state index contributed by atoms with van der Waals surface area (Å²) in [5.74, 6) is -0.105. The summed E-state index contributed by atoms with van der Waals surface area (Å²) in [6.07, 6.45) is 1.55. The maximum atomic E-state index is 13.5. The number of carbonyl (C=O) groups is 3. The number of thioether (sulfide) groups is 1. The first-order valence-corrected chi connectivity index (χ1v) is 14.6. The van der Waals surface area contributed by atoms with Crippen LogP contribution in [0.2, 0.25) is 10.0 Å². The van der Waals surface area contributed by atoms with Gasteiger partial charge in [-0.2, -0.15) is 0 Å². The van der Waals surface area contributed by atoms with Crippen LogP contribution in [0.4, 0.5) is 11.4 Å². The standard InChI is InChI=1S/C32H27Cl2N3O5S/c1-41-28-14-11-20(16-29(28)42-2)15-27(37-31(39)21-7-4-3-5-8-21)32(40)36-22-9-6-10-24(17-22)43-19-30(38)35-23-12-13-25(33)26(34)18-23/h3-18H,19H2,1-2H3,(H,35,38)(H,36,40)(H,37,39)/b27-15+. The number of ether oxygens (including phenoxy) is 2. The third-order valence-corrected chi connectivity index (χ3v) is 7.65. The van der Waals surface area contributed by atoms with Gasteiger partial charge in [0, 0.05) is 21.8 Å². The minimum atomic E-state index is -0.543. The van der Waals surface area contributed by atoms with Crippen LogP contribution in [0.25, 0.3) is 6.08 Å². The molecule has 220 valence electrons. The van der Waals surface area contributed by atoms with Crippen LogP contribution >= 0.6 is 35.0 Å². The largest absolute Gasteiger partial charge is 0.493 e. The number of nitrogens with one attached hydrogen (secondary N) is 3. The van der Waals surface area contributed by atoms with Crippen LogP contribution in [0.15, 0.2) is 102 Å². The van der Waals surface area contributed by atoms with Crippen molar-refractivity contribution in [1.29, 1.82) is 0 Å². The van der Waals surface area contributed by atoms with Gasteiger partial charge < -0.3 is 25.4 Å². The number of carbonyl (C=O) groups excluding carboxylic acids is 3. The maximum absolute atomic E-state index is 13.5. The smallest absolute Gasteiger partial charge is 0.272 e. The predicted molar refractivity (Wildman–Crippen MR) is 172 cm³/mol. The number of methoxy groups -OCH3 is 2. The Morgan fingerprint density at radius 1 is 0.767 bits per heavy atom. The molecule has 0 spiro atoms. The van der Waals surface area contributed by atoms with E-state index in [2.05, 4.69) is 16.0 Å². The molecule has 0 radical (unpaired) electrons. The molecule has 4 aromatic carbocycles. The Morgan fingerprint density at radius 3 is 2.23 bits per heavy atom. The van der Waals surface area contributed by atoms with Crippen molar-refractivity contribution < 1.29 is 23.9 Å². The highest BCUT2D eigenvalue weighted by atomic mass is 35.5. The minimum absolute atomic E-state index is 0.0140. The monoisotopic (exact) mass is 635 g/mol. The topological polar surface area (TPSA) is 106 Å². The Labute approximate surface area is 263 Å². The molecule has 0 saturated carbocycles. The van der Waals surface area contributed by atoms with E-state index in [4.69, 9.17) is 32.7 Å². The summed E-state index contributed by atoms with van der Waals surface area (Å²) in [7, 11) is 3.04. The normalized spacial score (nSPS) is 10.9. The van der Waals surface area contributed by atoms with Crippen LogP contribution in [-0.2, 0) is 9.59 Å². The van der Waals surface area contributed by atoms with Gasteiger partial charge in [0.25, 0.3) is 11.8 Å². The van der Waals surface area contributed by atoms with Crippen molar-refractivity contribution in [2.45, 2.75) is 4.90 Å². The third kappa shape index (κ3) is 9.02. The van der Waals surface area contributed by atoms with Crippen LogP contribution in [0, 0.1) is 0 Å². The summed E-state index contributed by atoms with van der Waals surface area (Å²) >= 11 is 13.2. The van der Waals surface area contributed by atoms with Crippen LogP contribution in [0.3, 0.4) is 0 Å². The molecule has 4 aromatic rings. The van der Waals surface area contributed by atoms with E-state index < -0.39 is 11.8 Å². The number of hydrogen-bond donors (Lipinski definition) is 3. The average molecular weight is 637 g/mol. The van der Waals surface area contributed by atoms with Gasteiger partial charge in [-0.3, -0.25) is 14.4 Å². The highest BCUT2D eigenvalue weighted by molar-refractivity contribution is 8.00. The zero-order valence-electron chi connectivity index (χ0n) is 23.2. The predicted octanol–water partition coefficient (Wildman–Crippen LogP) is 7.15. The summed E-state index contributed by atoms with van der Waals surface area (Å²) < 4.78 is 10.7. The van der Waals surface area contributed by atoms with Gasteiger partial charge in [0.05, 0.1) is 30.0 Å². The van der Waals surface area contributed by atoms with Gasteiger partial charge in [0.2, 0.25) is 5.91 Å². The molecule has 0 atom stereocenters. The Bertz CT molecular complexity index is 1660. The molecule has 0 bridgehead atoms. The van der Waals surface area contributed by atoms with E-state index in [-0.39, 0.29) is 17.4 Å². The summed E-state index contributed by atoms with van der Waals surface area (Å²) in [6.45, 7) is 0. The van der Waals surface area contributed by atoms with Crippen molar-refractivity contribution in [2.75, 3.05) is 30.6 Å². The van der Waals surface area contributed by atoms with E-state index in [1.807, 2.05) is 6.07 Å². The lowest BCUT2D eigenvalue weighted by molar-refractivity contribution is -0.114. The molecule has 0 aliphatic heterocycles. The van der Waals surface area contributed by atoms with E-state index in [0.717, 1.165) is 4.90 Å². The SMILES string of the molecule is COc1ccc(/C=C(/NC(=O)c2ccccc2)C(=O)Nc2cccc(SCC(=O)Nc3ccc(Cl)c(Cl)c3)c2)cc1OC. The second-order valence-corrected chi connectivity index (χ2v) is 10.8. The molecule has 8 nitrogen and oxygen atoms in total. The van der Waals surface area contributed by atoms with Crippen molar-refractivity contribution in [3.8, 4) is 11.5 Å². The van der Waals surface area contributed by atoms with Crippen molar-refractivity contribution in [2.24, 2.45) is 0 Å². The van der Waals surface area contributed by atoms with Crippen molar-refractivity contribution in [3.05, 3.63) is 118 Å². The Kier molecular flexibility index (Phi) is 11.1. The fourth-order valence-corrected chi connectivity index (χ4v) is 4.89. The molecule has 0 heterocycles. The zero-order valence-corrected chi connectivity index (χ0v) is 25.5. The van der Waals surface area contributed by atoms with Gasteiger partial charge in [-0.1, -0.05) is 53.5 Å². The first kappa shape index (κ1) is 31.5. The lowest BCUT2D eigenvalue weighted by atomic mass is 10.1. The van der Waals surface area contributed by atoms with Gasteiger partial charge in [-0.25, -0.2) is 0 Å². The number of benzene rings is 4. The van der Waals surface area contributed by atoms with Gasteiger partial charge in [-0.15, -0.1) is 11.8 Å². The maximum Gasteiger partial charge on any atom is 0.272 e. The molecule has 43 heavy (non-hydrogen) atoms. The fourth-order valence-electron chi connectivity index (χ4n) is 3.83. The van der Waals surface area contributed by atoms with Crippen molar-refractivity contribution >= 4 is 70.1 Å². The van der Waals surface area contributed by atoms with Gasteiger partial charge in [0.1, 0.15) is 5.70 Å². The van der Waals surface area contributed by atoms with E-state index in [0.29, 0.717) is 44.0 Å². The van der Waals surface area contributed by atoms with Crippen LogP contribution in [-0.4, -0.2) is 37.7 Å². The summed E-state index contributed by atoms with van der Waals surface area (Å²) in [5, 5.41) is 9.06. The summed E-state index contributed by atoms with van der Waals surface area (Å²) in [5.41, 5.74) is 2.03. The number of amides is 3. The Balaban J connectivity index is 1.49. The van der Waals surface area contributed by atoms with E-state index in [1.165, 1.54) is 26.0 Å². The molecule has 0 aromatic heterocycles. The number of hydrogen-bond acceptors (Lipinski definition) is 6. The molecule has 0 fully saturated rings. The number of anilines is 2. The zero-order chi connectivity index (χ0) is 30.8. The highest BCUT2D eigenvalue weighted by Crippen LogP contribution is 2.29. The molecular weight excluding hydrogens is 609 g/mol. The number of rotatable bonds is 11. The van der Waals surface area contributed by atoms with E-state index in [1.54, 1.807) is 91.0 Å². The molecule has 4 rings (SSSR count). The fraction of sp³-hybridized carbons (Fsp3) is 0.0938. The summed E-state index contributed by atoms with van der Waals surface area (Å²) in [4.78, 5) is 39.6. The van der Waals surface area contributed by atoms with Gasteiger partial charge in [0.15, 0.2) is 11.5 Å². The molecule has 3 amide bonds. The lowest BCUT2D eigenvalue weighted by Crippen LogP contribution is -2.30. The van der Waals surface area contributed by atoms with Crippen molar-refractivity contribution in [3.63, 3.8) is 0 Å². The van der Waals surface area contributed by atoms with E-state index in [9.17, 15) is 14.4 Å². The third-order valence-electron chi connectivity index (χ3n) is 5.91. The second-order valence-electron chi connectivity index (χ2n) is 8.94. The second kappa shape index (κ2) is 15.2. The molecule has 11 heteroatoms. The Morgan fingerprint density at radius 2 is 1.51 bits per heavy atom. The van der Waals surface area contributed by atoms with Crippen LogP contribution < -0.4 is 25.4 Å². The molecule has 0 aliphatic rings. The van der Waals surface area contributed by atoms with Crippen molar-refractivity contribution in [1.82, 2.24) is 5.32 Å². The molecule has 0 aliphatic carbocycles. The van der Waals surface area contributed by atoms with Crippen LogP contribution in [0.1, 0.15) is 15.9 Å². The average Bonchev–Trinajstić information content (AvgIpc) is 3.02. The Hall–Kier alpha value is -4.44. The molecule has 0 saturated heterocycles. The highest BCUT2D eigenvalue weighted by Gasteiger charge is 2.16. The van der Waals surface area contributed by atoms with Crippen LogP contribution in [0.5, 0.6) is 11.5 Å².